The predicted molar refractivity (Wildman–Crippen MR) is 114 cm³/mol. The van der Waals surface area contributed by atoms with Crippen LogP contribution in [0.25, 0.3) is 0 Å². The number of benzene rings is 2. The molecule has 8 nitrogen and oxygen atoms in total. The van der Waals surface area contributed by atoms with Crippen LogP contribution >= 0.6 is 11.6 Å². The van der Waals surface area contributed by atoms with Gasteiger partial charge in [0.25, 0.3) is 5.69 Å². The van der Waals surface area contributed by atoms with E-state index in [1.807, 2.05) is 0 Å². The van der Waals surface area contributed by atoms with Crippen LogP contribution in [0, 0.1) is 28.8 Å². The number of Topliss-reactive ketones (excluding diaryl/α,β-unsaturated/α-hetero) is 1. The Kier molecular flexibility index (Phi) is 7.19. The third-order valence-corrected chi connectivity index (χ3v) is 5.43. The number of amides is 1. The Balaban J connectivity index is 1.72. The lowest BCUT2D eigenvalue weighted by atomic mass is 10.0. The van der Waals surface area contributed by atoms with Gasteiger partial charge in [0.2, 0.25) is 11.7 Å². The van der Waals surface area contributed by atoms with Crippen LogP contribution in [0.5, 0.6) is 0 Å². The summed E-state index contributed by atoms with van der Waals surface area (Å²) in [5.41, 5.74) is 0.797. The molecule has 0 spiro atoms. The number of hydrogen-bond donors (Lipinski definition) is 0. The van der Waals surface area contributed by atoms with Crippen molar-refractivity contribution in [3.63, 3.8) is 0 Å². The van der Waals surface area contributed by atoms with Gasteiger partial charge in [-0.15, -0.1) is 11.6 Å². The van der Waals surface area contributed by atoms with Gasteiger partial charge in [0, 0.05) is 42.5 Å². The van der Waals surface area contributed by atoms with Crippen LogP contribution in [0.4, 0.5) is 15.8 Å². The average Bonchev–Trinajstić information content (AvgIpc) is 3.15. The molecule has 0 radical (unpaired) electrons. The first-order valence-electron chi connectivity index (χ1n) is 9.83. The zero-order valence-corrected chi connectivity index (χ0v) is 17.9. The number of carbonyl (C=O) groups is 3. The Hall–Kier alpha value is -3.33. The minimum Gasteiger partial charge on any atom is -0.454 e. The second-order valence-corrected chi connectivity index (χ2v) is 7.79. The molecule has 2 aromatic rings. The summed E-state index contributed by atoms with van der Waals surface area (Å²) in [7, 11) is 0. The standard InChI is InChI=1S/C22H20ClFN2O6/c1-13-2-7-17(11-18(13)26(30)31)25-12-15(10-20(25)27)22(29)32-19(8-9-23)21(28)14-3-5-16(24)6-4-14/h2-7,11,15,19H,8-10,12H2,1H3/t15-,19-/m1/s1. The van der Waals surface area contributed by atoms with E-state index in [1.165, 1.54) is 29.2 Å². The van der Waals surface area contributed by atoms with Crippen molar-refractivity contribution in [1.82, 2.24) is 0 Å². The largest absolute Gasteiger partial charge is 0.454 e. The SMILES string of the molecule is Cc1ccc(N2C[C@H](C(=O)O[C@H](CCCl)C(=O)c3ccc(F)cc3)CC2=O)cc1[N+](=O)[O-]. The first kappa shape index (κ1) is 23.3. The fourth-order valence-electron chi connectivity index (χ4n) is 3.46. The zero-order valence-electron chi connectivity index (χ0n) is 17.1. The number of ketones is 1. The summed E-state index contributed by atoms with van der Waals surface area (Å²) in [6.45, 7) is 1.55. The number of rotatable bonds is 8. The fraction of sp³-hybridized carbons (Fsp3) is 0.318. The topological polar surface area (TPSA) is 107 Å². The van der Waals surface area contributed by atoms with Gasteiger partial charge < -0.3 is 9.64 Å². The smallest absolute Gasteiger partial charge is 0.312 e. The van der Waals surface area contributed by atoms with Crippen molar-refractivity contribution < 1.29 is 28.4 Å². The van der Waals surface area contributed by atoms with E-state index in [4.69, 9.17) is 16.3 Å². The highest BCUT2D eigenvalue weighted by atomic mass is 35.5. The number of anilines is 1. The van der Waals surface area contributed by atoms with Crippen molar-refractivity contribution in [2.75, 3.05) is 17.3 Å². The van der Waals surface area contributed by atoms with Crippen molar-refractivity contribution in [3.05, 3.63) is 69.5 Å². The number of carbonyl (C=O) groups excluding carboxylic acids is 3. The van der Waals surface area contributed by atoms with Gasteiger partial charge in [-0.1, -0.05) is 6.07 Å². The maximum Gasteiger partial charge on any atom is 0.312 e. The molecule has 1 aliphatic rings. The molecule has 0 unspecified atom stereocenters. The maximum absolute atomic E-state index is 13.1. The molecular weight excluding hydrogens is 443 g/mol. The number of hydrogen-bond acceptors (Lipinski definition) is 6. The van der Waals surface area contributed by atoms with Crippen molar-refractivity contribution in [1.29, 1.82) is 0 Å². The zero-order chi connectivity index (χ0) is 23.4. The molecule has 2 atom stereocenters. The molecule has 1 aliphatic heterocycles. The summed E-state index contributed by atoms with van der Waals surface area (Å²) in [5, 5.41) is 11.2. The normalized spacial score (nSPS) is 16.7. The number of alkyl halides is 1. The highest BCUT2D eigenvalue weighted by Crippen LogP contribution is 2.30. The Bertz CT molecular complexity index is 1060. The lowest BCUT2D eigenvalue weighted by molar-refractivity contribution is -0.385. The first-order chi connectivity index (χ1) is 15.2. The van der Waals surface area contributed by atoms with Gasteiger partial charge >= 0.3 is 5.97 Å². The lowest BCUT2D eigenvalue weighted by Crippen LogP contribution is -2.32. The van der Waals surface area contributed by atoms with Crippen LogP contribution in [-0.4, -0.2) is 41.1 Å². The van der Waals surface area contributed by atoms with E-state index < -0.39 is 34.5 Å². The van der Waals surface area contributed by atoms with Crippen LogP contribution in [0.15, 0.2) is 42.5 Å². The third kappa shape index (κ3) is 5.11. The molecule has 2 aromatic carbocycles. The molecule has 1 saturated heterocycles. The Morgan fingerprint density at radius 1 is 1.28 bits per heavy atom. The van der Waals surface area contributed by atoms with E-state index in [0.717, 1.165) is 12.1 Å². The molecular formula is C22H20ClFN2O6. The van der Waals surface area contributed by atoms with E-state index in [1.54, 1.807) is 13.0 Å². The highest BCUT2D eigenvalue weighted by Gasteiger charge is 2.38. The van der Waals surface area contributed by atoms with Gasteiger partial charge in [0.1, 0.15) is 5.82 Å². The minimum atomic E-state index is -1.17. The van der Waals surface area contributed by atoms with E-state index in [9.17, 15) is 28.9 Å². The Morgan fingerprint density at radius 3 is 2.59 bits per heavy atom. The molecule has 0 bridgehead atoms. The molecule has 168 valence electrons. The predicted octanol–water partition coefficient (Wildman–Crippen LogP) is 3.82. The molecule has 1 fully saturated rings. The number of ether oxygens (including phenoxy) is 1. The second kappa shape index (κ2) is 9.86. The van der Waals surface area contributed by atoms with Gasteiger partial charge in [-0.25, -0.2) is 4.39 Å². The third-order valence-electron chi connectivity index (χ3n) is 5.21. The van der Waals surface area contributed by atoms with Crippen molar-refractivity contribution >= 4 is 40.6 Å². The molecule has 0 N–H and O–H groups in total. The summed E-state index contributed by atoms with van der Waals surface area (Å²) in [6.07, 6.45) is -1.27. The maximum atomic E-state index is 13.1. The van der Waals surface area contributed by atoms with E-state index in [0.29, 0.717) is 11.3 Å². The fourth-order valence-corrected chi connectivity index (χ4v) is 3.65. The van der Waals surface area contributed by atoms with Crippen LogP contribution in [0.1, 0.15) is 28.8 Å². The van der Waals surface area contributed by atoms with Crippen molar-refractivity contribution in [2.24, 2.45) is 5.92 Å². The Labute approximate surface area is 188 Å². The molecule has 10 heteroatoms. The molecule has 0 aromatic heterocycles. The minimum absolute atomic E-state index is 0.0315. The van der Waals surface area contributed by atoms with Gasteiger partial charge in [-0.3, -0.25) is 24.5 Å². The molecule has 0 saturated carbocycles. The van der Waals surface area contributed by atoms with E-state index in [-0.39, 0.29) is 42.4 Å². The highest BCUT2D eigenvalue weighted by molar-refractivity contribution is 6.18. The number of nitro benzene ring substituents is 1. The van der Waals surface area contributed by atoms with Crippen LogP contribution < -0.4 is 4.90 Å². The van der Waals surface area contributed by atoms with Crippen molar-refractivity contribution in [2.45, 2.75) is 25.9 Å². The first-order valence-corrected chi connectivity index (χ1v) is 10.4. The lowest BCUT2D eigenvalue weighted by Gasteiger charge is -2.19. The summed E-state index contributed by atoms with van der Waals surface area (Å²) < 4.78 is 18.5. The summed E-state index contributed by atoms with van der Waals surface area (Å²) in [4.78, 5) is 49.8. The number of halogens is 2. The summed E-state index contributed by atoms with van der Waals surface area (Å²) in [6, 6.07) is 9.22. The van der Waals surface area contributed by atoms with Gasteiger partial charge in [-0.05, 0) is 37.3 Å². The molecule has 32 heavy (non-hydrogen) atoms. The van der Waals surface area contributed by atoms with E-state index in [2.05, 4.69) is 0 Å². The van der Waals surface area contributed by atoms with Gasteiger partial charge in [0.05, 0.1) is 16.5 Å². The van der Waals surface area contributed by atoms with E-state index >= 15 is 0 Å². The second-order valence-electron chi connectivity index (χ2n) is 7.41. The van der Waals surface area contributed by atoms with Crippen LogP contribution in [0.2, 0.25) is 0 Å². The molecule has 0 aliphatic carbocycles. The quantitative estimate of drug-likeness (QED) is 0.194. The summed E-state index contributed by atoms with van der Waals surface area (Å²) in [5.74, 6) is -2.95. The number of nitro groups is 1. The molecule has 1 amide bonds. The van der Waals surface area contributed by atoms with Gasteiger partial charge in [-0.2, -0.15) is 0 Å². The van der Waals surface area contributed by atoms with Crippen LogP contribution in [0.3, 0.4) is 0 Å². The molecule has 3 rings (SSSR count). The van der Waals surface area contributed by atoms with Crippen LogP contribution in [-0.2, 0) is 14.3 Å². The monoisotopic (exact) mass is 462 g/mol. The van der Waals surface area contributed by atoms with Gasteiger partial charge in [0.15, 0.2) is 6.10 Å². The summed E-state index contributed by atoms with van der Waals surface area (Å²) >= 11 is 5.75. The average molecular weight is 463 g/mol. The number of aryl methyl sites for hydroxylation is 1. The van der Waals surface area contributed by atoms with Crippen molar-refractivity contribution in [3.8, 4) is 0 Å². The Morgan fingerprint density at radius 2 is 1.97 bits per heavy atom. The molecule has 1 heterocycles. The number of nitrogens with zero attached hydrogens (tertiary/aromatic N) is 2. The number of esters is 1.